The van der Waals surface area contributed by atoms with Gasteiger partial charge in [-0.15, -0.1) is 0 Å². The number of ether oxygens (including phenoxy) is 1. The van der Waals surface area contributed by atoms with Crippen LogP contribution >= 0.6 is 21.6 Å². The van der Waals surface area contributed by atoms with Gasteiger partial charge in [0.15, 0.2) is 0 Å². The number of anilines is 1. The molecule has 1 atom stereocenters. The van der Waals surface area contributed by atoms with E-state index in [1.54, 1.807) is 40.0 Å². The Kier molecular flexibility index (Phi) is 8.11. The van der Waals surface area contributed by atoms with Crippen molar-refractivity contribution in [2.24, 2.45) is 0 Å². The molecule has 9 heteroatoms. The van der Waals surface area contributed by atoms with E-state index in [1.807, 2.05) is 18.2 Å². The zero-order valence-corrected chi connectivity index (χ0v) is 16.1. The quantitative estimate of drug-likeness (QED) is 0.721. The molecule has 0 aliphatic carbocycles. The van der Waals surface area contributed by atoms with Crippen molar-refractivity contribution >= 4 is 44.6 Å². The molecule has 25 heavy (non-hydrogen) atoms. The number of hydrogen-bond donors (Lipinski definition) is 2. The highest BCUT2D eigenvalue weighted by molar-refractivity contribution is 8.82. The van der Waals surface area contributed by atoms with Gasteiger partial charge in [0, 0.05) is 29.3 Å². The van der Waals surface area contributed by atoms with Gasteiger partial charge in [0.1, 0.15) is 11.6 Å². The number of nitrogens with one attached hydrogen (secondary N) is 1. The van der Waals surface area contributed by atoms with E-state index in [2.05, 4.69) is 5.32 Å². The number of aliphatic carboxylic acids is 1. The van der Waals surface area contributed by atoms with Gasteiger partial charge in [-0.25, -0.2) is 9.59 Å². The number of para-hydroxylation sites is 1. The molecular weight excluding hydrogens is 364 g/mol. The van der Waals surface area contributed by atoms with E-state index < -0.39 is 23.7 Å². The monoisotopic (exact) mass is 386 g/mol. The molecule has 0 saturated heterocycles. The number of amides is 2. The fourth-order valence-corrected chi connectivity index (χ4v) is 3.59. The Labute approximate surface area is 154 Å². The lowest BCUT2D eigenvalue weighted by Crippen LogP contribution is -2.44. The van der Waals surface area contributed by atoms with Crippen LogP contribution in [0, 0.1) is 0 Å². The summed E-state index contributed by atoms with van der Waals surface area (Å²) in [7, 11) is 3.61. The van der Waals surface area contributed by atoms with Crippen LogP contribution in [0.3, 0.4) is 0 Å². The molecule has 0 saturated carbocycles. The fourth-order valence-electron chi connectivity index (χ4n) is 1.59. The number of alkyl carbamates (subject to hydrolysis) is 1. The fraction of sp³-hybridized carbons (Fsp3) is 0.438. The summed E-state index contributed by atoms with van der Waals surface area (Å²) in [5.41, 5.74) is 0.0193. The van der Waals surface area contributed by atoms with Gasteiger partial charge in [-0.3, -0.25) is 4.79 Å². The van der Waals surface area contributed by atoms with Crippen molar-refractivity contribution in [3.8, 4) is 0 Å². The maximum absolute atomic E-state index is 12.1. The highest BCUT2D eigenvalue weighted by Gasteiger charge is 2.24. The van der Waals surface area contributed by atoms with Crippen LogP contribution in [0.2, 0.25) is 0 Å². The van der Waals surface area contributed by atoms with Crippen LogP contribution in [-0.4, -0.2) is 46.9 Å². The topological polar surface area (TPSA) is 95.9 Å². The minimum absolute atomic E-state index is 0.0214. The standard InChI is InChI=1S/C16H22N2O5S2/c1-16(2,3)23-14(21)17-12(13(19)20)10-24-25-15(22)18(4)11-8-6-5-7-9-11/h5-9,12H,10H2,1-4H3,(H,17,21)(H,19,20). The Morgan fingerprint density at radius 3 is 2.36 bits per heavy atom. The van der Waals surface area contributed by atoms with Gasteiger partial charge in [0.05, 0.1) is 0 Å². The summed E-state index contributed by atoms with van der Waals surface area (Å²) in [5.74, 6) is -1.17. The first-order valence-electron chi connectivity index (χ1n) is 7.44. The van der Waals surface area contributed by atoms with Gasteiger partial charge in [-0.1, -0.05) is 29.0 Å². The third-order valence-electron chi connectivity index (χ3n) is 2.77. The van der Waals surface area contributed by atoms with Crippen LogP contribution in [0.4, 0.5) is 15.3 Å². The molecule has 0 fully saturated rings. The van der Waals surface area contributed by atoms with E-state index in [1.165, 1.54) is 4.90 Å². The van der Waals surface area contributed by atoms with Crippen molar-refractivity contribution in [1.82, 2.24) is 5.32 Å². The maximum Gasteiger partial charge on any atom is 0.408 e. The predicted molar refractivity (Wildman–Crippen MR) is 101 cm³/mol. The number of hydrogen-bond acceptors (Lipinski definition) is 6. The van der Waals surface area contributed by atoms with Gasteiger partial charge in [-0.05, 0) is 32.9 Å². The molecule has 0 aliphatic rings. The molecule has 1 rings (SSSR count). The Hall–Kier alpha value is -1.87. The largest absolute Gasteiger partial charge is 0.480 e. The van der Waals surface area contributed by atoms with Gasteiger partial charge in [0.2, 0.25) is 0 Å². The summed E-state index contributed by atoms with van der Waals surface area (Å²) >= 11 is 0. The maximum atomic E-state index is 12.1. The molecule has 0 heterocycles. The highest BCUT2D eigenvalue weighted by Crippen LogP contribution is 2.27. The number of carbonyl (C=O) groups is 3. The van der Waals surface area contributed by atoms with E-state index in [0.717, 1.165) is 27.3 Å². The van der Waals surface area contributed by atoms with E-state index >= 15 is 0 Å². The summed E-state index contributed by atoms with van der Waals surface area (Å²) in [5, 5.41) is 11.2. The van der Waals surface area contributed by atoms with Crippen molar-refractivity contribution in [2.45, 2.75) is 32.4 Å². The number of benzene rings is 1. The van der Waals surface area contributed by atoms with Gasteiger partial charge in [0.25, 0.3) is 5.24 Å². The normalized spacial score (nSPS) is 12.2. The number of rotatable bonds is 6. The summed E-state index contributed by atoms with van der Waals surface area (Å²) in [6.07, 6.45) is -0.807. The van der Waals surface area contributed by atoms with Crippen LogP contribution in [0.1, 0.15) is 20.8 Å². The van der Waals surface area contributed by atoms with Crippen molar-refractivity contribution in [1.29, 1.82) is 0 Å². The molecular formula is C16H22N2O5S2. The van der Waals surface area contributed by atoms with E-state index in [4.69, 9.17) is 4.74 Å². The summed E-state index contributed by atoms with van der Waals surface area (Å²) < 4.78 is 5.04. The Balaban J connectivity index is 2.48. The summed E-state index contributed by atoms with van der Waals surface area (Å²) in [6, 6.07) is 7.94. The van der Waals surface area contributed by atoms with Crippen molar-refractivity contribution in [2.75, 3.05) is 17.7 Å². The van der Waals surface area contributed by atoms with E-state index in [9.17, 15) is 19.5 Å². The molecule has 0 radical (unpaired) electrons. The van der Waals surface area contributed by atoms with E-state index in [0.29, 0.717) is 0 Å². The zero-order chi connectivity index (χ0) is 19.0. The lowest BCUT2D eigenvalue weighted by atomic mass is 10.2. The first kappa shape index (κ1) is 21.2. The first-order valence-corrected chi connectivity index (χ1v) is 9.76. The van der Waals surface area contributed by atoms with Crippen LogP contribution < -0.4 is 10.2 Å². The number of nitrogens with zero attached hydrogens (tertiary/aromatic N) is 1. The molecule has 1 aromatic rings. The van der Waals surface area contributed by atoms with Crippen LogP contribution in [0.15, 0.2) is 30.3 Å². The second kappa shape index (κ2) is 9.57. The van der Waals surface area contributed by atoms with Crippen molar-refractivity contribution in [3.63, 3.8) is 0 Å². The molecule has 2 amide bonds. The van der Waals surface area contributed by atoms with Crippen LogP contribution in [0.5, 0.6) is 0 Å². The molecule has 1 aromatic carbocycles. The Bertz CT molecular complexity index is 604. The summed E-state index contributed by atoms with van der Waals surface area (Å²) in [6.45, 7) is 5.06. The van der Waals surface area contributed by atoms with Gasteiger partial charge in [-0.2, -0.15) is 0 Å². The first-order chi connectivity index (χ1) is 11.6. The minimum Gasteiger partial charge on any atom is -0.480 e. The SMILES string of the molecule is CN(C(=O)SSCC(NC(=O)OC(C)(C)C)C(=O)O)c1ccccc1. The third-order valence-corrected chi connectivity index (χ3v) is 4.96. The average molecular weight is 386 g/mol. The van der Waals surface area contributed by atoms with Crippen LogP contribution in [-0.2, 0) is 9.53 Å². The minimum atomic E-state index is -1.19. The van der Waals surface area contributed by atoms with Gasteiger partial charge < -0.3 is 20.1 Å². The molecule has 0 aliphatic heterocycles. The zero-order valence-electron chi connectivity index (χ0n) is 14.5. The lowest BCUT2D eigenvalue weighted by molar-refractivity contribution is -0.138. The molecule has 1 unspecified atom stereocenters. The summed E-state index contributed by atoms with van der Waals surface area (Å²) in [4.78, 5) is 36.5. The second-order valence-corrected chi connectivity index (χ2v) is 8.36. The van der Waals surface area contributed by atoms with E-state index in [-0.39, 0.29) is 11.0 Å². The van der Waals surface area contributed by atoms with Crippen molar-refractivity contribution < 1.29 is 24.2 Å². The van der Waals surface area contributed by atoms with Gasteiger partial charge >= 0.3 is 12.1 Å². The Morgan fingerprint density at radius 1 is 1.24 bits per heavy atom. The number of carbonyl (C=O) groups excluding carboxylic acids is 2. The molecule has 0 aromatic heterocycles. The lowest BCUT2D eigenvalue weighted by Gasteiger charge is -2.22. The molecule has 2 N–H and O–H groups in total. The molecule has 0 spiro atoms. The second-order valence-electron chi connectivity index (χ2n) is 6.07. The highest BCUT2D eigenvalue weighted by atomic mass is 33.1. The predicted octanol–water partition coefficient (Wildman–Crippen LogP) is 3.60. The van der Waals surface area contributed by atoms with Crippen molar-refractivity contribution in [3.05, 3.63) is 30.3 Å². The molecule has 0 bridgehead atoms. The average Bonchev–Trinajstić information content (AvgIpc) is 2.52. The number of carboxylic acid groups (broad SMARTS) is 1. The Morgan fingerprint density at radius 2 is 1.84 bits per heavy atom. The molecule has 138 valence electrons. The molecule has 7 nitrogen and oxygen atoms in total. The third kappa shape index (κ3) is 8.17. The number of carboxylic acids is 1. The van der Waals surface area contributed by atoms with Crippen LogP contribution in [0.25, 0.3) is 0 Å². The smallest absolute Gasteiger partial charge is 0.408 e.